The van der Waals surface area contributed by atoms with Crippen LogP contribution < -0.4 is 10.9 Å². The molecule has 0 aliphatic rings. The Morgan fingerprint density at radius 3 is 3.06 bits per heavy atom. The molecule has 0 spiro atoms. The Hall–Kier alpha value is -2.27. The van der Waals surface area contributed by atoms with Crippen molar-refractivity contribution in [3.8, 4) is 6.07 Å². The maximum absolute atomic E-state index is 11.2. The van der Waals surface area contributed by atoms with Gasteiger partial charge in [-0.1, -0.05) is 11.3 Å². The van der Waals surface area contributed by atoms with Crippen LogP contribution in [0.4, 0.5) is 5.82 Å². The molecule has 0 atom stereocenters. The van der Waals surface area contributed by atoms with Gasteiger partial charge in [0.05, 0.1) is 6.54 Å². The van der Waals surface area contributed by atoms with Crippen LogP contribution in [-0.4, -0.2) is 20.2 Å². The van der Waals surface area contributed by atoms with Gasteiger partial charge in [0.1, 0.15) is 22.7 Å². The monoisotopic (exact) mass is 248 g/mol. The number of nitrogens with one attached hydrogen (secondary N) is 2. The first-order valence-corrected chi connectivity index (χ1v) is 5.53. The van der Waals surface area contributed by atoms with E-state index in [1.165, 1.54) is 17.4 Å². The van der Waals surface area contributed by atoms with Crippen molar-refractivity contribution in [1.29, 1.82) is 5.26 Å². The van der Waals surface area contributed by atoms with Gasteiger partial charge in [-0.25, -0.2) is 4.98 Å². The summed E-state index contributed by atoms with van der Waals surface area (Å²) in [4.78, 5) is 17.8. The maximum atomic E-state index is 11.2. The van der Waals surface area contributed by atoms with E-state index in [-0.39, 0.29) is 5.56 Å². The van der Waals surface area contributed by atoms with Gasteiger partial charge in [-0.15, -0.1) is 10.2 Å². The van der Waals surface area contributed by atoms with Crippen molar-refractivity contribution in [2.75, 3.05) is 5.32 Å². The van der Waals surface area contributed by atoms with Gasteiger partial charge >= 0.3 is 0 Å². The first kappa shape index (κ1) is 11.2. The molecule has 0 saturated carbocycles. The standard InChI is InChI=1S/C9H8N6OS/c1-5-12-6(2-7(16)13-5)11-4-9-15-14-8(3-10)17-9/h2H,4H2,1H3,(H2,11,12,13,16). The SMILES string of the molecule is Cc1nc(NCc2nnc(C#N)s2)cc(=O)[nH]1. The van der Waals surface area contributed by atoms with Crippen LogP contribution in [0.1, 0.15) is 15.8 Å². The number of aryl methyl sites for hydroxylation is 1. The van der Waals surface area contributed by atoms with Gasteiger partial charge in [0.15, 0.2) is 0 Å². The van der Waals surface area contributed by atoms with Crippen molar-refractivity contribution in [3.05, 3.63) is 32.3 Å². The normalized spacial score (nSPS) is 9.88. The Kier molecular flexibility index (Phi) is 3.11. The molecule has 17 heavy (non-hydrogen) atoms. The highest BCUT2D eigenvalue weighted by molar-refractivity contribution is 7.11. The summed E-state index contributed by atoms with van der Waals surface area (Å²) in [6, 6.07) is 3.27. The number of hydrogen-bond donors (Lipinski definition) is 2. The van der Waals surface area contributed by atoms with E-state index in [9.17, 15) is 4.79 Å². The fourth-order valence-corrected chi connectivity index (χ4v) is 1.78. The van der Waals surface area contributed by atoms with Gasteiger partial charge in [-0.2, -0.15) is 5.26 Å². The summed E-state index contributed by atoms with van der Waals surface area (Å²) in [6.07, 6.45) is 0. The second-order valence-corrected chi connectivity index (χ2v) is 4.24. The van der Waals surface area contributed by atoms with E-state index in [1.807, 2.05) is 6.07 Å². The molecule has 0 radical (unpaired) electrons. The van der Waals surface area contributed by atoms with Gasteiger partial charge in [0.2, 0.25) is 5.01 Å². The fourth-order valence-electron chi connectivity index (χ4n) is 1.21. The van der Waals surface area contributed by atoms with E-state index in [0.717, 1.165) is 0 Å². The molecular formula is C9H8N6OS. The molecule has 0 aliphatic heterocycles. The molecule has 7 nitrogen and oxygen atoms in total. The minimum atomic E-state index is -0.213. The van der Waals surface area contributed by atoms with Crippen LogP contribution >= 0.6 is 11.3 Å². The van der Waals surface area contributed by atoms with E-state index >= 15 is 0 Å². The Balaban J connectivity index is 2.07. The molecular weight excluding hydrogens is 240 g/mol. The molecule has 2 aromatic heterocycles. The van der Waals surface area contributed by atoms with E-state index in [2.05, 4.69) is 25.5 Å². The second kappa shape index (κ2) is 4.71. The quantitative estimate of drug-likeness (QED) is 0.814. The molecule has 0 unspecified atom stereocenters. The van der Waals surface area contributed by atoms with E-state index in [0.29, 0.717) is 28.2 Å². The lowest BCUT2D eigenvalue weighted by molar-refractivity contribution is 0.958. The predicted molar refractivity (Wildman–Crippen MR) is 61.5 cm³/mol. The minimum Gasteiger partial charge on any atom is -0.363 e. The highest BCUT2D eigenvalue weighted by Gasteiger charge is 2.03. The summed E-state index contributed by atoms with van der Waals surface area (Å²) in [6.45, 7) is 2.08. The van der Waals surface area contributed by atoms with Crippen molar-refractivity contribution in [2.24, 2.45) is 0 Å². The fraction of sp³-hybridized carbons (Fsp3) is 0.222. The Morgan fingerprint density at radius 2 is 2.41 bits per heavy atom. The molecule has 2 N–H and O–H groups in total. The van der Waals surface area contributed by atoms with Crippen molar-refractivity contribution in [3.63, 3.8) is 0 Å². The van der Waals surface area contributed by atoms with E-state index in [1.54, 1.807) is 6.92 Å². The third-order valence-electron chi connectivity index (χ3n) is 1.84. The maximum Gasteiger partial charge on any atom is 0.252 e. The van der Waals surface area contributed by atoms with Crippen molar-refractivity contribution >= 4 is 17.2 Å². The Labute approximate surface area is 100 Å². The summed E-state index contributed by atoms with van der Waals surface area (Å²) in [7, 11) is 0. The highest BCUT2D eigenvalue weighted by Crippen LogP contribution is 2.09. The zero-order valence-corrected chi connectivity index (χ0v) is 9.71. The number of nitriles is 1. The number of rotatable bonds is 3. The summed E-state index contributed by atoms with van der Waals surface area (Å²) in [5, 5.41) is 20.0. The zero-order valence-electron chi connectivity index (χ0n) is 8.89. The van der Waals surface area contributed by atoms with Gasteiger partial charge in [0.25, 0.3) is 5.56 Å². The summed E-state index contributed by atoms with van der Waals surface area (Å²) in [5.41, 5.74) is -0.213. The minimum absolute atomic E-state index is 0.213. The molecule has 0 bridgehead atoms. The Bertz CT molecular complexity index is 625. The topological polar surface area (TPSA) is 107 Å². The first-order chi connectivity index (χ1) is 8.17. The second-order valence-electron chi connectivity index (χ2n) is 3.18. The molecule has 0 aromatic carbocycles. The molecule has 0 saturated heterocycles. The van der Waals surface area contributed by atoms with Crippen LogP contribution in [0, 0.1) is 18.3 Å². The zero-order chi connectivity index (χ0) is 12.3. The Morgan fingerprint density at radius 1 is 1.59 bits per heavy atom. The van der Waals surface area contributed by atoms with Gasteiger partial charge in [0, 0.05) is 6.07 Å². The van der Waals surface area contributed by atoms with Gasteiger partial charge in [-0.3, -0.25) is 4.79 Å². The van der Waals surface area contributed by atoms with Crippen LogP contribution in [0.5, 0.6) is 0 Å². The summed E-state index contributed by atoms with van der Waals surface area (Å²) >= 11 is 1.20. The van der Waals surface area contributed by atoms with E-state index < -0.39 is 0 Å². The van der Waals surface area contributed by atoms with Crippen LogP contribution in [-0.2, 0) is 6.54 Å². The average molecular weight is 248 g/mol. The number of aromatic nitrogens is 4. The van der Waals surface area contributed by atoms with Gasteiger partial charge < -0.3 is 10.3 Å². The number of aromatic amines is 1. The van der Waals surface area contributed by atoms with Crippen molar-refractivity contribution in [1.82, 2.24) is 20.2 Å². The molecule has 0 aliphatic carbocycles. The van der Waals surface area contributed by atoms with Crippen molar-refractivity contribution in [2.45, 2.75) is 13.5 Å². The lowest BCUT2D eigenvalue weighted by atomic mass is 10.5. The third kappa shape index (κ3) is 2.85. The van der Waals surface area contributed by atoms with Crippen LogP contribution in [0.3, 0.4) is 0 Å². The summed E-state index contributed by atoms with van der Waals surface area (Å²) in [5.74, 6) is 1.01. The lowest BCUT2D eigenvalue weighted by Gasteiger charge is -2.02. The van der Waals surface area contributed by atoms with Gasteiger partial charge in [-0.05, 0) is 6.92 Å². The molecule has 0 amide bonds. The number of nitrogens with zero attached hydrogens (tertiary/aromatic N) is 4. The predicted octanol–water partition coefficient (Wildman–Crippen LogP) is 0.414. The number of anilines is 1. The largest absolute Gasteiger partial charge is 0.363 e. The van der Waals surface area contributed by atoms with Crippen LogP contribution in [0.15, 0.2) is 10.9 Å². The molecule has 0 fully saturated rings. The third-order valence-corrected chi connectivity index (χ3v) is 2.67. The van der Waals surface area contributed by atoms with Crippen molar-refractivity contribution < 1.29 is 0 Å². The summed E-state index contributed by atoms with van der Waals surface area (Å²) < 4.78 is 0. The average Bonchev–Trinajstić information content (AvgIpc) is 2.73. The lowest BCUT2D eigenvalue weighted by Crippen LogP contribution is -2.11. The molecule has 86 valence electrons. The van der Waals surface area contributed by atoms with E-state index in [4.69, 9.17) is 5.26 Å². The van der Waals surface area contributed by atoms with Crippen LogP contribution in [0.2, 0.25) is 0 Å². The highest BCUT2D eigenvalue weighted by atomic mass is 32.1. The smallest absolute Gasteiger partial charge is 0.252 e. The molecule has 2 heterocycles. The first-order valence-electron chi connectivity index (χ1n) is 4.71. The number of hydrogen-bond acceptors (Lipinski definition) is 7. The molecule has 2 aromatic rings. The number of H-pyrrole nitrogens is 1. The molecule has 2 rings (SSSR count). The van der Waals surface area contributed by atoms with Crippen LogP contribution in [0.25, 0.3) is 0 Å². The molecule has 8 heteroatoms.